The van der Waals surface area contributed by atoms with Gasteiger partial charge in [-0.2, -0.15) is 8.42 Å². The quantitative estimate of drug-likeness (QED) is 0.490. The fourth-order valence-electron chi connectivity index (χ4n) is 0.327. The van der Waals surface area contributed by atoms with Gasteiger partial charge in [0.25, 0.3) is 10.1 Å². The Morgan fingerprint density at radius 3 is 2.00 bits per heavy atom. The molecular formula is C4H11KO3S. The van der Waals surface area contributed by atoms with Gasteiger partial charge in [-0.3, -0.25) is 4.55 Å². The van der Waals surface area contributed by atoms with Crippen molar-refractivity contribution in [2.45, 2.75) is 19.8 Å². The summed E-state index contributed by atoms with van der Waals surface area (Å²) >= 11 is 0. The van der Waals surface area contributed by atoms with Crippen molar-refractivity contribution >= 4 is 61.5 Å². The molecule has 0 atom stereocenters. The van der Waals surface area contributed by atoms with E-state index in [9.17, 15) is 8.42 Å². The van der Waals surface area contributed by atoms with Gasteiger partial charge in [0.15, 0.2) is 0 Å². The molecule has 9 heavy (non-hydrogen) atoms. The van der Waals surface area contributed by atoms with Crippen LogP contribution in [0.5, 0.6) is 0 Å². The van der Waals surface area contributed by atoms with Crippen LogP contribution in [0.25, 0.3) is 0 Å². The van der Waals surface area contributed by atoms with Gasteiger partial charge in [-0.15, -0.1) is 0 Å². The van der Waals surface area contributed by atoms with Crippen LogP contribution in [0.15, 0.2) is 0 Å². The van der Waals surface area contributed by atoms with E-state index in [1.807, 2.05) is 6.92 Å². The van der Waals surface area contributed by atoms with Crippen LogP contribution in [-0.2, 0) is 10.1 Å². The predicted molar refractivity (Wildman–Crippen MR) is 38.5 cm³/mol. The second-order valence-electron chi connectivity index (χ2n) is 1.64. The van der Waals surface area contributed by atoms with E-state index < -0.39 is 10.1 Å². The van der Waals surface area contributed by atoms with Crippen LogP contribution >= 0.6 is 0 Å². The van der Waals surface area contributed by atoms with Gasteiger partial charge in [0.05, 0.1) is 5.75 Å². The molecular weight excluding hydrogens is 167 g/mol. The molecule has 0 aromatic heterocycles. The van der Waals surface area contributed by atoms with Crippen molar-refractivity contribution in [3.05, 3.63) is 0 Å². The Labute approximate surface area is 98.4 Å². The summed E-state index contributed by atoms with van der Waals surface area (Å²) in [5, 5.41) is 0. The summed E-state index contributed by atoms with van der Waals surface area (Å²) in [5.74, 6) is -0.108. The summed E-state index contributed by atoms with van der Waals surface area (Å²) in [5.41, 5.74) is 0. The fourth-order valence-corrected chi connectivity index (χ4v) is 0.980. The van der Waals surface area contributed by atoms with E-state index in [2.05, 4.69) is 0 Å². The summed E-state index contributed by atoms with van der Waals surface area (Å²) in [6, 6.07) is 0. The molecule has 5 heteroatoms. The molecule has 0 saturated carbocycles. The Balaban J connectivity index is 0. The van der Waals surface area contributed by atoms with Gasteiger partial charge in [0.2, 0.25) is 0 Å². The molecule has 0 amide bonds. The van der Waals surface area contributed by atoms with Gasteiger partial charge >= 0.3 is 51.4 Å². The first-order valence-corrected chi connectivity index (χ1v) is 4.12. The van der Waals surface area contributed by atoms with Crippen LogP contribution in [0.4, 0.5) is 0 Å². The Morgan fingerprint density at radius 2 is 1.89 bits per heavy atom. The zero-order valence-electron chi connectivity index (χ0n) is 4.79. The Kier molecular flexibility index (Phi) is 9.17. The molecule has 0 aliphatic rings. The van der Waals surface area contributed by atoms with E-state index >= 15 is 0 Å². The first-order chi connectivity index (χ1) is 3.56. The van der Waals surface area contributed by atoms with Gasteiger partial charge in [0.1, 0.15) is 0 Å². The number of rotatable bonds is 3. The Morgan fingerprint density at radius 1 is 1.44 bits per heavy atom. The second-order valence-corrected chi connectivity index (χ2v) is 3.21. The van der Waals surface area contributed by atoms with E-state index in [0.717, 1.165) is 6.42 Å². The van der Waals surface area contributed by atoms with E-state index in [1.54, 1.807) is 0 Å². The average Bonchev–Trinajstić information content (AvgIpc) is 1.59. The standard InChI is InChI=1S/C4H10O3S.K.H/c1-2-3-4-8(5,6)7;;/h2-4H2,1H3,(H,5,6,7);;. The third kappa shape index (κ3) is 12.7. The van der Waals surface area contributed by atoms with Crippen LogP contribution in [-0.4, -0.2) is 70.1 Å². The maximum absolute atomic E-state index is 9.95. The van der Waals surface area contributed by atoms with Crippen LogP contribution in [0.3, 0.4) is 0 Å². The summed E-state index contributed by atoms with van der Waals surface area (Å²) < 4.78 is 28.0. The second kappa shape index (κ2) is 6.27. The number of hydrogen-bond donors (Lipinski definition) is 1. The van der Waals surface area contributed by atoms with Gasteiger partial charge in [0, 0.05) is 0 Å². The van der Waals surface area contributed by atoms with Crippen molar-refractivity contribution < 1.29 is 13.0 Å². The minimum atomic E-state index is -3.69. The van der Waals surface area contributed by atoms with Gasteiger partial charge in [-0.05, 0) is 6.42 Å². The number of unbranched alkanes of at least 4 members (excludes halogenated alkanes) is 1. The van der Waals surface area contributed by atoms with Crippen molar-refractivity contribution in [1.82, 2.24) is 0 Å². The van der Waals surface area contributed by atoms with Gasteiger partial charge < -0.3 is 0 Å². The molecule has 0 fully saturated rings. The van der Waals surface area contributed by atoms with Crippen LogP contribution in [0, 0.1) is 0 Å². The van der Waals surface area contributed by atoms with Crippen molar-refractivity contribution in [3.63, 3.8) is 0 Å². The van der Waals surface area contributed by atoms with Gasteiger partial charge in [-0.1, -0.05) is 13.3 Å². The zero-order chi connectivity index (χ0) is 6.62. The molecule has 0 heterocycles. The monoisotopic (exact) mass is 178 g/mol. The fraction of sp³-hybridized carbons (Fsp3) is 1.00. The van der Waals surface area contributed by atoms with Crippen LogP contribution in [0.1, 0.15) is 19.8 Å². The SMILES string of the molecule is CCCCS(=O)(=O)O.[KH]. The summed E-state index contributed by atoms with van der Waals surface area (Å²) in [6.07, 6.45) is 1.33. The van der Waals surface area contributed by atoms with Crippen LogP contribution < -0.4 is 0 Å². The molecule has 0 aromatic carbocycles. The van der Waals surface area contributed by atoms with E-state index in [4.69, 9.17) is 4.55 Å². The summed E-state index contributed by atoms with van der Waals surface area (Å²) in [6.45, 7) is 1.87. The Bertz CT molecular complexity index is 140. The molecule has 52 valence electrons. The van der Waals surface area contributed by atoms with Crippen molar-refractivity contribution in [3.8, 4) is 0 Å². The minimum absolute atomic E-state index is 0. The number of hydrogen-bond acceptors (Lipinski definition) is 2. The van der Waals surface area contributed by atoms with E-state index in [-0.39, 0.29) is 57.1 Å². The maximum atomic E-state index is 9.95. The molecule has 1 N–H and O–H groups in total. The van der Waals surface area contributed by atoms with E-state index in [0.29, 0.717) is 6.42 Å². The molecule has 0 aliphatic carbocycles. The normalized spacial score (nSPS) is 10.4. The molecule has 0 spiro atoms. The molecule has 0 saturated heterocycles. The van der Waals surface area contributed by atoms with E-state index in [1.165, 1.54) is 0 Å². The molecule has 0 unspecified atom stereocenters. The predicted octanol–water partition coefficient (Wildman–Crippen LogP) is 0.0258. The first kappa shape index (κ1) is 13.2. The van der Waals surface area contributed by atoms with Crippen molar-refractivity contribution in [2.24, 2.45) is 0 Å². The Hall–Kier alpha value is 1.55. The first-order valence-electron chi connectivity index (χ1n) is 2.51. The molecule has 0 radical (unpaired) electrons. The van der Waals surface area contributed by atoms with Crippen molar-refractivity contribution in [2.75, 3.05) is 5.75 Å². The van der Waals surface area contributed by atoms with Crippen LogP contribution in [0.2, 0.25) is 0 Å². The van der Waals surface area contributed by atoms with Gasteiger partial charge in [-0.25, -0.2) is 0 Å². The average molecular weight is 178 g/mol. The summed E-state index contributed by atoms with van der Waals surface area (Å²) in [4.78, 5) is 0. The topological polar surface area (TPSA) is 54.4 Å². The third-order valence-corrected chi connectivity index (χ3v) is 1.56. The third-order valence-electron chi connectivity index (χ3n) is 0.756. The molecule has 0 bridgehead atoms. The van der Waals surface area contributed by atoms with Crippen molar-refractivity contribution in [1.29, 1.82) is 0 Å². The molecule has 0 aliphatic heterocycles. The zero-order valence-corrected chi connectivity index (χ0v) is 5.61. The molecule has 3 nitrogen and oxygen atoms in total. The molecule has 0 aromatic rings. The molecule has 0 rings (SSSR count). The summed E-state index contributed by atoms with van der Waals surface area (Å²) in [7, 11) is -3.69.